The third-order valence-electron chi connectivity index (χ3n) is 4.32. The molecule has 118 valence electrons. The predicted molar refractivity (Wildman–Crippen MR) is 85.8 cm³/mol. The number of halogens is 1. The van der Waals surface area contributed by atoms with Crippen molar-refractivity contribution in [3.05, 3.63) is 29.3 Å². The molecule has 0 unspecified atom stereocenters. The highest BCUT2D eigenvalue weighted by molar-refractivity contribution is 6.30. The Kier molecular flexibility index (Phi) is 4.64. The minimum absolute atomic E-state index is 0.0793. The van der Waals surface area contributed by atoms with E-state index in [1.165, 1.54) is 6.42 Å². The second-order valence-corrected chi connectivity index (χ2v) is 6.42. The molecule has 0 spiro atoms. The fourth-order valence-corrected chi connectivity index (χ4v) is 3.43. The van der Waals surface area contributed by atoms with E-state index in [1.54, 1.807) is 24.3 Å². The van der Waals surface area contributed by atoms with E-state index in [9.17, 15) is 9.59 Å². The summed E-state index contributed by atoms with van der Waals surface area (Å²) in [5.41, 5.74) is 0.643. The molecule has 2 fully saturated rings. The van der Waals surface area contributed by atoms with Gasteiger partial charge >= 0.3 is 0 Å². The summed E-state index contributed by atoms with van der Waals surface area (Å²) in [6.07, 6.45) is 4.53. The highest BCUT2D eigenvalue weighted by atomic mass is 35.5. The molecule has 6 heteroatoms. The number of hydrogen-bond acceptors (Lipinski definition) is 3. The first kappa shape index (κ1) is 15.3. The zero-order valence-electron chi connectivity index (χ0n) is 12.3. The zero-order chi connectivity index (χ0) is 15.5. The van der Waals surface area contributed by atoms with Gasteiger partial charge in [-0.1, -0.05) is 30.5 Å². The molecule has 1 saturated heterocycles. The molecule has 1 aromatic rings. The Labute approximate surface area is 134 Å². The van der Waals surface area contributed by atoms with Gasteiger partial charge in [-0.2, -0.15) is 0 Å². The van der Waals surface area contributed by atoms with E-state index < -0.39 is 6.04 Å². The molecule has 0 aromatic heterocycles. The molecule has 3 N–H and O–H groups in total. The number of carbonyl (C=O) groups is 2. The van der Waals surface area contributed by atoms with Crippen molar-refractivity contribution in [2.45, 2.75) is 50.2 Å². The lowest BCUT2D eigenvalue weighted by Crippen LogP contribution is -2.65. The van der Waals surface area contributed by atoms with Crippen LogP contribution in [0.5, 0.6) is 0 Å². The molecular formula is C16H20ClN3O2. The number of piperazine rings is 1. The van der Waals surface area contributed by atoms with E-state index in [2.05, 4.69) is 16.0 Å². The maximum Gasteiger partial charge on any atom is 0.237 e. The highest BCUT2D eigenvalue weighted by Crippen LogP contribution is 2.22. The van der Waals surface area contributed by atoms with Crippen molar-refractivity contribution in [2.75, 3.05) is 5.32 Å². The maximum absolute atomic E-state index is 12.1. The quantitative estimate of drug-likeness (QED) is 0.798. The van der Waals surface area contributed by atoms with E-state index in [-0.39, 0.29) is 30.3 Å². The van der Waals surface area contributed by atoms with Crippen LogP contribution in [0.15, 0.2) is 24.3 Å². The summed E-state index contributed by atoms with van der Waals surface area (Å²) in [6.45, 7) is 0. The summed E-state index contributed by atoms with van der Waals surface area (Å²) in [4.78, 5) is 24.2. The molecule has 1 aliphatic carbocycles. The van der Waals surface area contributed by atoms with Crippen LogP contribution in [0.3, 0.4) is 0 Å². The molecule has 3 rings (SSSR count). The second-order valence-electron chi connectivity index (χ2n) is 5.99. The lowest BCUT2D eigenvalue weighted by molar-refractivity contribution is -0.129. The van der Waals surface area contributed by atoms with Crippen LogP contribution in [-0.4, -0.2) is 29.9 Å². The number of hydrogen-bond donors (Lipinski definition) is 3. The first-order valence-corrected chi connectivity index (χ1v) is 8.11. The summed E-state index contributed by atoms with van der Waals surface area (Å²) in [5.74, 6) is -0.270. The average molecular weight is 322 g/mol. The number of amides is 2. The molecule has 5 nitrogen and oxygen atoms in total. The SMILES string of the molecule is O=C(C[C@H]1N[C@@H]2CCCC[C@@H]2NC1=O)Nc1cccc(Cl)c1. The number of anilines is 1. The molecular weight excluding hydrogens is 302 g/mol. The van der Waals surface area contributed by atoms with Crippen molar-refractivity contribution < 1.29 is 9.59 Å². The Bertz CT molecular complexity index is 578. The van der Waals surface area contributed by atoms with Crippen LogP contribution in [0.25, 0.3) is 0 Å². The third kappa shape index (κ3) is 3.59. The van der Waals surface area contributed by atoms with E-state index in [1.807, 2.05) is 0 Å². The molecule has 0 bridgehead atoms. The minimum Gasteiger partial charge on any atom is -0.350 e. The Morgan fingerprint density at radius 2 is 2.05 bits per heavy atom. The monoisotopic (exact) mass is 321 g/mol. The van der Waals surface area contributed by atoms with Crippen LogP contribution < -0.4 is 16.0 Å². The first-order valence-electron chi connectivity index (χ1n) is 7.73. The van der Waals surface area contributed by atoms with Crippen LogP contribution in [0.4, 0.5) is 5.69 Å². The molecule has 1 saturated carbocycles. The minimum atomic E-state index is -0.460. The number of rotatable bonds is 3. The Balaban J connectivity index is 1.57. The van der Waals surface area contributed by atoms with Gasteiger partial charge in [0.2, 0.25) is 11.8 Å². The average Bonchev–Trinajstić information content (AvgIpc) is 2.48. The van der Waals surface area contributed by atoms with Crippen molar-refractivity contribution in [2.24, 2.45) is 0 Å². The van der Waals surface area contributed by atoms with Crippen LogP contribution in [0.1, 0.15) is 32.1 Å². The maximum atomic E-state index is 12.1. The lowest BCUT2D eigenvalue weighted by Gasteiger charge is -2.40. The van der Waals surface area contributed by atoms with Crippen LogP contribution in [0, 0.1) is 0 Å². The van der Waals surface area contributed by atoms with Crippen molar-refractivity contribution >= 4 is 29.1 Å². The fraction of sp³-hybridized carbons (Fsp3) is 0.500. The van der Waals surface area contributed by atoms with Gasteiger partial charge in [0.05, 0.1) is 12.5 Å². The Morgan fingerprint density at radius 1 is 1.27 bits per heavy atom. The van der Waals surface area contributed by atoms with Crippen molar-refractivity contribution in [1.82, 2.24) is 10.6 Å². The van der Waals surface area contributed by atoms with Crippen molar-refractivity contribution in [1.29, 1.82) is 0 Å². The number of carbonyl (C=O) groups excluding carboxylic acids is 2. The Hall–Kier alpha value is -1.59. The number of fused-ring (bicyclic) bond motifs is 1. The molecule has 3 atom stereocenters. The fourth-order valence-electron chi connectivity index (χ4n) is 3.24. The van der Waals surface area contributed by atoms with E-state index in [4.69, 9.17) is 11.6 Å². The molecule has 22 heavy (non-hydrogen) atoms. The van der Waals surface area contributed by atoms with E-state index in [0.29, 0.717) is 10.7 Å². The summed E-state index contributed by atoms with van der Waals surface area (Å²) >= 11 is 5.89. The smallest absolute Gasteiger partial charge is 0.237 e. The number of benzene rings is 1. The Morgan fingerprint density at radius 3 is 2.82 bits per heavy atom. The van der Waals surface area contributed by atoms with E-state index in [0.717, 1.165) is 19.3 Å². The van der Waals surface area contributed by atoms with Crippen LogP contribution >= 0.6 is 11.6 Å². The topological polar surface area (TPSA) is 70.2 Å². The highest BCUT2D eigenvalue weighted by Gasteiger charge is 2.36. The van der Waals surface area contributed by atoms with Gasteiger partial charge in [-0.25, -0.2) is 0 Å². The molecule has 0 radical (unpaired) electrons. The first-order chi connectivity index (χ1) is 10.6. The van der Waals surface area contributed by atoms with Gasteiger partial charge in [-0.15, -0.1) is 0 Å². The van der Waals surface area contributed by atoms with Gasteiger partial charge in [-0.05, 0) is 31.0 Å². The van der Waals surface area contributed by atoms with Gasteiger partial charge in [-0.3, -0.25) is 9.59 Å². The summed E-state index contributed by atoms with van der Waals surface area (Å²) in [5, 5.41) is 9.72. The molecule has 2 aliphatic rings. The molecule has 2 amide bonds. The third-order valence-corrected chi connectivity index (χ3v) is 4.56. The van der Waals surface area contributed by atoms with Gasteiger partial charge in [0.1, 0.15) is 0 Å². The summed E-state index contributed by atoms with van der Waals surface area (Å²) in [7, 11) is 0. The largest absolute Gasteiger partial charge is 0.350 e. The standard InChI is InChI=1S/C16H20ClN3O2/c17-10-4-3-5-11(8-10)18-15(21)9-14-16(22)20-13-7-2-1-6-12(13)19-14/h3-5,8,12-14,19H,1-2,6-7,9H2,(H,18,21)(H,20,22)/t12-,13+,14-/m1/s1. The number of nitrogens with one attached hydrogen (secondary N) is 3. The lowest BCUT2D eigenvalue weighted by atomic mass is 9.87. The van der Waals surface area contributed by atoms with E-state index >= 15 is 0 Å². The van der Waals surface area contributed by atoms with Gasteiger partial charge < -0.3 is 16.0 Å². The van der Waals surface area contributed by atoms with Gasteiger partial charge in [0, 0.05) is 22.8 Å². The second kappa shape index (κ2) is 6.67. The summed E-state index contributed by atoms with van der Waals surface area (Å²) in [6, 6.07) is 7.02. The molecule has 1 heterocycles. The van der Waals surface area contributed by atoms with Gasteiger partial charge in [0.25, 0.3) is 0 Å². The molecule has 1 aromatic carbocycles. The van der Waals surface area contributed by atoms with Crippen LogP contribution in [-0.2, 0) is 9.59 Å². The molecule has 1 aliphatic heterocycles. The predicted octanol–water partition coefficient (Wildman–Crippen LogP) is 2.07. The van der Waals surface area contributed by atoms with Gasteiger partial charge in [0.15, 0.2) is 0 Å². The summed E-state index contributed by atoms with van der Waals surface area (Å²) < 4.78 is 0. The normalized spacial score (nSPS) is 27.7. The van der Waals surface area contributed by atoms with Crippen LogP contribution in [0.2, 0.25) is 5.02 Å². The van der Waals surface area contributed by atoms with Crippen molar-refractivity contribution in [3.63, 3.8) is 0 Å². The zero-order valence-corrected chi connectivity index (χ0v) is 13.0. The van der Waals surface area contributed by atoms with Crippen molar-refractivity contribution in [3.8, 4) is 0 Å².